The van der Waals surface area contributed by atoms with Gasteiger partial charge in [0.25, 0.3) is 0 Å². The molecule has 0 unspecified atom stereocenters. The Balaban J connectivity index is 3.19. The van der Waals surface area contributed by atoms with Crippen LogP contribution < -0.4 is 16.9 Å². The number of nitrogens with one attached hydrogen (secondary N) is 3. The van der Waals surface area contributed by atoms with Crippen LogP contribution in [0, 0.1) is 0 Å². The van der Waals surface area contributed by atoms with E-state index in [1.807, 2.05) is 0 Å². The fourth-order valence-corrected chi connectivity index (χ4v) is 1.33. The molecular formula is C5H3MoN4O3. The van der Waals surface area contributed by atoms with Gasteiger partial charge in [0.05, 0.1) is 0 Å². The number of aromatic nitrogens is 4. The fourth-order valence-electron chi connectivity index (χ4n) is 0.989. The zero-order chi connectivity index (χ0) is 9.59. The van der Waals surface area contributed by atoms with Crippen molar-refractivity contribution in [3.05, 3.63) is 31.3 Å². The summed E-state index contributed by atoms with van der Waals surface area (Å²) in [7, 11) is 0. The summed E-state index contributed by atoms with van der Waals surface area (Å²) in [5.74, 6) is 0. The Hall–Kier alpha value is -1.36. The summed E-state index contributed by atoms with van der Waals surface area (Å²) in [6, 6.07) is 0. The molecule has 0 amide bonds. The van der Waals surface area contributed by atoms with Gasteiger partial charge in [-0.05, 0) is 0 Å². The molecule has 0 aliphatic rings. The van der Waals surface area contributed by atoms with Crippen molar-refractivity contribution in [3.63, 3.8) is 0 Å². The Labute approximate surface area is 81.0 Å². The second kappa shape index (κ2) is 2.56. The van der Waals surface area contributed by atoms with Crippen LogP contribution in [0.4, 0.5) is 0 Å². The number of hydrogen-bond donors (Lipinski definition) is 3. The van der Waals surface area contributed by atoms with Crippen molar-refractivity contribution >= 4 is 11.2 Å². The second-order valence-electron chi connectivity index (χ2n) is 2.36. The summed E-state index contributed by atoms with van der Waals surface area (Å²) in [5, 5.41) is 0. The molecule has 3 N–H and O–H groups in total. The van der Waals surface area contributed by atoms with Crippen molar-refractivity contribution in [1.29, 1.82) is 0 Å². The minimum absolute atomic E-state index is 0.0785. The zero-order valence-corrected chi connectivity index (χ0v) is 8.09. The Morgan fingerprint density at radius 3 is 2.46 bits per heavy atom. The van der Waals surface area contributed by atoms with Crippen molar-refractivity contribution in [2.24, 2.45) is 0 Å². The van der Waals surface area contributed by atoms with Crippen LogP contribution in [0.5, 0.6) is 0 Å². The van der Waals surface area contributed by atoms with E-state index in [1.54, 1.807) is 0 Å². The molecule has 0 saturated heterocycles. The summed E-state index contributed by atoms with van der Waals surface area (Å²) in [4.78, 5) is 40.1. The molecule has 0 spiro atoms. The first kappa shape index (κ1) is 8.25. The molecule has 2 heterocycles. The molecule has 0 bridgehead atoms. The van der Waals surface area contributed by atoms with E-state index < -0.39 is 16.9 Å². The molecule has 7 nitrogen and oxygen atoms in total. The van der Waals surface area contributed by atoms with Crippen molar-refractivity contribution in [3.8, 4) is 0 Å². The van der Waals surface area contributed by atoms with Gasteiger partial charge in [-0.15, -0.1) is 0 Å². The van der Waals surface area contributed by atoms with Crippen molar-refractivity contribution < 1.29 is 20.1 Å². The van der Waals surface area contributed by atoms with Crippen LogP contribution >= 0.6 is 0 Å². The molecular weight excluding hydrogens is 260 g/mol. The van der Waals surface area contributed by atoms with Crippen LogP contribution in [-0.4, -0.2) is 18.1 Å². The van der Waals surface area contributed by atoms with Gasteiger partial charge in [-0.3, -0.25) is 0 Å². The molecule has 0 saturated carbocycles. The van der Waals surface area contributed by atoms with Gasteiger partial charge in [0.2, 0.25) is 0 Å². The molecule has 0 atom stereocenters. The quantitative estimate of drug-likeness (QED) is 0.479. The molecule has 8 heteroatoms. The van der Waals surface area contributed by atoms with Crippen LogP contribution in [0.25, 0.3) is 11.2 Å². The SMILES string of the molecule is O=c1[nH]c2[nH]c(=O)[n]([Mo])c(=O)c2[nH]1. The Morgan fingerprint density at radius 1 is 1.08 bits per heavy atom. The Morgan fingerprint density at radius 2 is 1.77 bits per heavy atom. The maximum absolute atomic E-state index is 11.3. The molecule has 0 fully saturated rings. The van der Waals surface area contributed by atoms with Gasteiger partial charge in [-0.1, -0.05) is 0 Å². The molecule has 67 valence electrons. The third-order valence-corrected chi connectivity index (χ3v) is 2.36. The number of nitrogens with zero attached hydrogens (tertiary/aromatic N) is 1. The number of aromatic amines is 3. The average molecular weight is 263 g/mol. The third kappa shape index (κ3) is 1.12. The van der Waals surface area contributed by atoms with E-state index in [4.69, 9.17) is 0 Å². The van der Waals surface area contributed by atoms with Gasteiger partial charge in [-0.2, -0.15) is 0 Å². The van der Waals surface area contributed by atoms with Crippen LogP contribution in [0.15, 0.2) is 14.4 Å². The first-order valence-corrected chi connectivity index (χ1v) is 4.14. The topological polar surface area (TPSA) is 104 Å². The van der Waals surface area contributed by atoms with E-state index in [0.717, 1.165) is 3.13 Å². The molecule has 2 aromatic rings. The van der Waals surface area contributed by atoms with Gasteiger partial charge in [0.1, 0.15) is 0 Å². The summed E-state index contributed by atoms with van der Waals surface area (Å²) < 4.78 is 0.891. The van der Waals surface area contributed by atoms with Crippen LogP contribution in [0.2, 0.25) is 0 Å². The molecule has 13 heavy (non-hydrogen) atoms. The second-order valence-corrected chi connectivity index (χ2v) is 3.26. The van der Waals surface area contributed by atoms with Crippen molar-refractivity contribution in [2.45, 2.75) is 0 Å². The molecule has 0 radical (unpaired) electrons. The summed E-state index contributed by atoms with van der Waals surface area (Å²) in [6.45, 7) is 0. The van der Waals surface area contributed by atoms with Gasteiger partial charge >= 0.3 is 80.6 Å². The summed E-state index contributed by atoms with van der Waals surface area (Å²) in [6.07, 6.45) is 0. The summed E-state index contributed by atoms with van der Waals surface area (Å²) >= 11 is 1.25. The van der Waals surface area contributed by atoms with Crippen LogP contribution in [0.3, 0.4) is 0 Å². The monoisotopic (exact) mass is 265 g/mol. The molecule has 0 aliphatic carbocycles. The minimum atomic E-state index is -0.558. The number of H-pyrrole nitrogens is 3. The normalized spacial score (nSPS) is 10.8. The average Bonchev–Trinajstić information content (AvgIpc) is 2.42. The van der Waals surface area contributed by atoms with Crippen molar-refractivity contribution in [1.82, 2.24) is 18.1 Å². The third-order valence-electron chi connectivity index (χ3n) is 1.54. The summed E-state index contributed by atoms with van der Waals surface area (Å²) in [5.41, 5.74) is -1.40. The number of fused-ring (bicyclic) bond motifs is 1. The van der Waals surface area contributed by atoms with E-state index in [9.17, 15) is 14.4 Å². The molecule has 0 aromatic carbocycles. The molecule has 2 aromatic heterocycles. The van der Waals surface area contributed by atoms with Gasteiger partial charge in [0, 0.05) is 0 Å². The van der Waals surface area contributed by atoms with Crippen molar-refractivity contribution in [2.75, 3.05) is 0 Å². The standard InChI is InChI=1S/C5H4N4O3.Mo/c10-3-1-2(7-4(11)6-1)8-5(12)9-3;/h(H4,6,7,8,9,10,11,12);/q;+1/p-1. The van der Waals surface area contributed by atoms with Crippen LogP contribution in [0.1, 0.15) is 0 Å². The van der Waals surface area contributed by atoms with Gasteiger partial charge in [0.15, 0.2) is 0 Å². The Bertz CT molecular complexity index is 629. The molecule has 0 aliphatic heterocycles. The Kier molecular flexibility index (Phi) is 1.63. The first-order chi connectivity index (χ1) is 6.09. The van der Waals surface area contributed by atoms with E-state index >= 15 is 0 Å². The van der Waals surface area contributed by atoms with E-state index in [0.29, 0.717) is 0 Å². The number of rotatable bonds is 0. The maximum atomic E-state index is 11.3. The van der Waals surface area contributed by atoms with Gasteiger partial charge in [-0.25, -0.2) is 0 Å². The van der Waals surface area contributed by atoms with Gasteiger partial charge < -0.3 is 0 Å². The first-order valence-electron chi connectivity index (χ1n) is 3.24. The number of hydrogen-bond acceptors (Lipinski definition) is 3. The zero-order valence-electron chi connectivity index (χ0n) is 6.08. The predicted octanol–water partition coefficient (Wildman–Crippen LogP) is -1.98. The van der Waals surface area contributed by atoms with E-state index in [-0.39, 0.29) is 11.2 Å². The van der Waals surface area contributed by atoms with Crippen LogP contribution in [-0.2, 0) is 20.1 Å². The van der Waals surface area contributed by atoms with E-state index in [1.165, 1.54) is 20.1 Å². The van der Waals surface area contributed by atoms with E-state index in [2.05, 4.69) is 15.0 Å². The fraction of sp³-hybridized carbons (Fsp3) is 0. The number of imidazole rings is 1. The predicted molar refractivity (Wildman–Crippen MR) is 39.2 cm³/mol. The molecule has 2 rings (SSSR count).